The number of hydrogen-bond acceptors (Lipinski definition) is 4. The average Bonchev–Trinajstić information content (AvgIpc) is 3.49. The van der Waals surface area contributed by atoms with Gasteiger partial charge in [-0.05, 0) is 72.8 Å². The van der Waals surface area contributed by atoms with E-state index in [-0.39, 0.29) is 11.9 Å². The molecule has 0 radical (unpaired) electrons. The van der Waals surface area contributed by atoms with Gasteiger partial charge in [-0.1, -0.05) is 18.2 Å². The molecular weight excluding hydrogens is 402 g/mol. The summed E-state index contributed by atoms with van der Waals surface area (Å²) in [6, 6.07) is 9.86. The highest BCUT2D eigenvalue weighted by Gasteiger charge is 2.24. The molecular formula is C25H29N5O2. The van der Waals surface area contributed by atoms with Crippen LogP contribution in [0.2, 0.25) is 0 Å². The predicted molar refractivity (Wildman–Crippen MR) is 124 cm³/mol. The number of nitrogens with zero attached hydrogens (tertiary/aromatic N) is 4. The van der Waals surface area contributed by atoms with Gasteiger partial charge in [-0.3, -0.25) is 14.7 Å². The Labute approximate surface area is 188 Å². The van der Waals surface area contributed by atoms with E-state index < -0.39 is 0 Å². The molecule has 32 heavy (non-hydrogen) atoms. The molecule has 4 heterocycles. The monoisotopic (exact) mass is 431 g/mol. The maximum Gasteiger partial charge on any atom is 0.322 e. The van der Waals surface area contributed by atoms with E-state index >= 15 is 0 Å². The number of pyridine rings is 1. The van der Waals surface area contributed by atoms with Crippen molar-refractivity contribution in [2.45, 2.75) is 32.4 Å². The molecule has 7 heteroatoms. The zero-order chi connectivity index (χ0) is 21.9. The number of likely N-dealkylation sites (tertiary alicyclic amines) is 1. The van der Waals surface area contributed by atoms with Gasteiger partial charge in [-0.25, -0.2) is 4.79 Å². The molecule has 2 aromatic rings. The Bertz CT molecular complexity index is 1000. The quantitative estimate of drug-likeness (QED) is 0.806. The van der Waals surface area contributed by atoms with Crippen molar-refractivity contribution in [3.05, 3.63) is 65.5 Å². The molecule has 3 amide bonds. The first-order valence-corrected chi connectivity index (χ1v) is 11.4. The summed E-state index contributed by atoms with van der Waals surface area (Å²) in [5.41, 5.74) is 5.45. The number of carbonyl (C=O) groups is 2. The molecule has 0 atom stereocenters. The Morgan fingerprint density at radius 1 is 0.938 bits per heavy atom. The summed E-state index contributed by atoms with van der Waals surface area (Å²) >= 11 is 0. The van der Waals surface area contributed by atoms with Crippen molar-refractivity contribution in [3.63, 3.8) is 0 Å². The number of benzene rings is 1. The van der Waals surface area contributed by atoms with Gasteiger partial charge in [0, 0.05) is 44.3 Å². The third-order valence-electron chi connectivity index (χ3n) is 6.64. The molecule has 1 aromatic carbocycles. The highest BCUT2D eigenvalue weighted by atomic mass is 16.2. The van der Waals surface area contributed by atoms with Gasteiger partial charge in [0.2, 0.25) is 5.91 Å². The molecule has 0 aliphatic carbocycles. The molecule has 3 aliphatic rings. The lowest BCUT2D eigenvalue weighted by molar-refractivity contribution is -0.131. The summed E-state index contributed by atoms with van der Waals surface area (Å²) in [7, 11) is 0. The molecule has 5 rings (SSSR count). The maximum absolute atomic E-state index is 12.6. The average molecular weight is 432 g/mol. The summed E-state index contributed by atoms with van der Waals surface area (Å²) in [5, 5.41) is 2.99. The fourth-order valence-corrected chi connectivity index (χ4v) is 4.72. The smallest absolute Gasteiger partial charge is 0.322 e. The van der Waals surface area contributed by atoms with Crippen LogP contribution >= 0.6 is 0 Å². The number of rotatable bonds is 4. The SMILES string of the molecule is O=C(CN1CCCC1)N1CC=C(c2ccc(NC(=O)N3Cc4ccncc4C3)cc2)CC1. The number of fused-ring (bicyclic) bond motifs is 1. The lowest BCUT2D eigenvalue weighted by Crippen LogP contribution is -2.41. The van der Waals surface area contributed by atoms with E-state index in [0.29, 0.717) is 26.2 Å². The molecule has 3 aliphatic heterocycles. The summed E-state index contributed by atoms with van der Waals surface area (Å²) in [6.07, 6.45) is 9.03. The van der Waals surface area contributed by atoms with E-state index in [9.17, 15) is 9.59 Å². The molecule has 1 aromatic heterocycles. The highest BCUT2D eigenvalue weighted by Crippen LogP contribution is 2.25. The van der Waals surface area contributed by atoms with Gasteiger partial charge in [0.15, 0.2) is 0 Å². The van der Waals surface area contributed by atoms with E-state index in [1.165, 1.54) is 18.4 Å². The summed E-state index contributed by atoms with van der Waals surface area (Å²) < 4.78 is 0. The zero-order valence-corrected chi connectivity index (χ0v) is 18.3. The third-order valence-corrected chi connectivity index (χ3v) is 6.64. The van der Waals surface area contributed by atoms with Crippen LogP contribution in [0, 0.1) is 0 Å². The number of amides is 3. The first-order chi connectivity index (χ1) is 15.7. The number of anilines is 1. The zero-order valence-electron chi connectivity index (χ0n) is 18.3. The van der Waals surface area contributed by atoms with Crippen molar-refractivity contribution >= 4 is 23.2 Å². The molecule has 1 fully saturated rings. The van der Waals surface area contributed by atoms with Crippen molar-refractivity contribution in [2.75, 3.05) is 38.0 Å². The van der Waals surface area contributed by atoms with Crippen LogP contribution in [0.1, 0.15) is 36.0 Å². The van der Waals surface area contributed by atoms with E-state index in [4.69, 9.17) is 0 Å². The maximum atomic E-state index is 12.6. The minimum atomic E-state index is -0.0991. The van der Waals surface area contributed by atoms with Crippen molar-refractivity contribution in [3.8, 4) is 0 Å². The van der Waals surface area contributed by atoms with Crippen molar-refractivity contribution in [1.29, 1.82) is 0 Å². The van der Waals surface area contributed by atoms with E-state index in [1.807, 2.05) is 41.4 Å². The molecule has 166 valence electrons. The molecule has 1 saturated heterocycles. The summed E-state index contributed by atoms with van der Waals surface area (Å²) in [4.78, 5) is 35.3. The van der Waals surface area contributed by atoms with Crippen LogP contribution in [0.5, 0.6) is 0 Å². The predicted octanol–water partition coefficient (Wildman–Crippen LogP) is 3.34. The third kappa shape index (κ3) is 4.53. The van der Waals surface area contributed by atoms with Crippen LogP contribution in [-0.4, -0.2) is 64.3 Å². The molecule has 0 saturated carbocycles. The van der Waals surface area contributed by atoms with Gasteiger partial charge < -0.3 is 15.1 Å². The van der Waals surface area contributed by atoms with Gasteiger partial charge in [0.25, 0.3) is 0 Å². The molecule has 1 N–H and O–H groups in total. The van der Waals surface area contributed by atoms with Gasteiger partial charge in [-0.2, -0.15) is 0 Å². The van der Waals surface area contributed by atoms with Crippen LogP contribution in [-0.2, 0) is 17.9 Å². The molecule has 7 nitrogen and oxygen atoms in total. The topological polar surface area (TPSA) is 68.8 Å². The van der Waals surface area contributed by atoms with Crippen LogP contribution in [0.25, 0.3) is 5.57 Å². The Morgan fingerprint density at radius 2 is 1.72 bits per heavy atom. The number of carbonyl (C=O) groups excluding carboxylic acids is 2. The number of urea groups is 1. The second-order valence-corrected chi connectivity index (χ2v) is 8.81. The molecule has 0 spiro atoms. The van der Waals surface area contributed by atoms with Crippen LogP contribution in [0.4, 0.5) is 10.5 Å². The fraction of sp³-hybridized carbons (Fsp3) is 0.400. The minimum absolute atomic E-state index is 0.0991. The normalized spacial score (nSPS) is 18.4. The van der Waals surface area contributed by atoms with E-state index in [0.717, 1.165) is 48.4 Å². The lowest BCUT2D eigenvalue weighted by Gasteiger charge is -2.28. The van der Waals surface area contributed by atoms with Gasteiger partial charge in [0.1, 0.15) is 0 Å². The van der Waals surface area contributed by atoms with Crippen molar-refractivity contribution in [1.82, 2.24) is 19.7 Å². The Balaban J connectivity index is 1.14. The highest BCUT2D eigenvalue weighted by molar-refractivity contribution is 5.90. The first kappa shape index (κ1) is 20.7. The van der Waals surface area contributed by atoms with E-state index in [2.05, 4.69) is 21.3 Å². The number of nitrogens with one attached hydrogen (secondary N) is 1. The van der Waals surface area contributed by atoms with Crippen molar-refractivity contribution in [2.24, 2.45) is 0 Å². The van der Waals surface area contributed by atoms with Crippen molar-refractivity contribution < 1.29 is 9.59 Å². The Morgan fingerprint density at radius 3 is 2.44 bits per heavy atom. The van der Waals surface area contributed by atoms with Gasteiger partial charge in [0.05, 0.1) is 6.54 Å². The Kier molecular flexibility index (Phi) is 5.90. The second-order valence-electron chi connectivity index (χ2n) is 8.81. The Hall–Kier alpha value is -3.19. The first-order valence-electron chi connectivity index (χ1n) is 11.4. The molecule has 0 bridgehead atoms. The standard InChI is InChI=1S/C25H29N5O2/c31-24(18-28-11-1-2-12-28)29-13-8-20(9-14-29)19-3-5-23(6-4-19)27-25(32)30-16-21-7-10-26-15-22(21)17-30/h3-8,10,15H,1-2,9,11-14,16-18H2,(H,27,32). The van der Waals surface area contributed by atoms with Gasteiger partial charge in [-0.15, -0.1) is 0 Å². The van der Waals surface area contributed by atoms with Crippen LogP contribution < -0.4 is 5.32 Å². The van der Waals surface area contributed by atoms with Crippen LogP contribution in [0.3, 0.4) is 0 Å². The number of hydrogen-bond donors (Lipinski definition) is 1. The fourth-order valence-electron chi connectivity index (χ4n) is 4.72. The largest absolute Gasteiger partial charge is 0.338 e. The van der Waals surface area contributed by atoms with E-state index in [1.54, 1.807) is 11.1 Å². The summed E-state index contributed by atoms with van der Waals surface area (Å²) in [6.45, 7) is 5.29. The van der Waals surface area contributed by atoms with Crippen LogP contribution in [0.15, 0.2) is 48.8 Å². The molecule has 0 unspecified atom stereocenters. The summed E-state index contributed by atoms with van der Waals surface area (Å²) in [5.74, 6) is 0.236. The number of aromatic nitrogens is 1. The second kappa shape index (κ2) is 9.12. The van der Waals surface area contributed by atoms with Gasteiger partial charge >= 0.3 is 6.03 Å². The minimum Gasteiger partial charge on any atom is -0.338 e. The lowest BCUT2D eigenvalue weighted by atomic mass is 9.99.